The van der Waals surface area contributed by atoms with Crippen LogP contribution in [0.3, 0.4) is 0 Å². The molecule has 0 radical (unpaired) electrons. The molecule has 5 aromatic rings. The zero-order valence-electron chi connectivity index (χ0n) is 20.4. The lowest BCUT2D eigenvalue weighted by atomic mass is 9.80. The summed E-state index contributed by atoms with van der Waals surface area (Å²) in [5, 5.41) is 22.0. The highest BCUT2D eigenvalue weighted by Gasteiger charge is 2.46. The van der Waals surface area contributed by atoms with Crippen molar-refractivity contribution in [3.63, 3.8) is 0 Å². The summed E-state index contributed by atoms with van der Waals surface area (Å²) in [6.07, 6.45) is -1.42. The van der Waals surface area contributed by atoms with E-state index in [1.54, 1.807) is 4.57 Å². The zero-order valence-corrected chi connectivity index (χ0v) is 20.4. The van der Waals surface area contributed by atoms with Crippen molar-refractivity contribution in [2.45, 2.75) is 30.1 Å². The van der Waals surface area contributed by atoms with Crippen LogP contribution < -0.4 is 5.73 Å². The van der Waals surface area contributed by atoms with Gasteiger partial charge in [-0.05, 0) is 16.7 Å². The number of nitrogens with zero attached hydrogens (tertiary/aromatic N) is 4. The smallest absolute Gasteiger partial charge is 0.167 e. The molecule has 2 aromatic heterocycles. The van der Waals surface area contributed by atoms with Crippen molar-refractivity contribution in [2.24, 2.45) is 0 Å². The summed E-state index contributed by atoms with van der Waals surface area (Å²) in [7, 11) is 0. The highest BCUT2D eigenvalue weighted by molar-refractivity contribution is 5.81. The Morgan fingerprint density at radius 2 is 1.34 bits per heavy atom. The predicted octanol–water partition coefficient (Wildman–Crippen LogP) is 3.04. The second-order valence-electron chi connectivity index (χ2n) is 9.22. The molecule has 0 spiro atoms. The number of hydrogen-bond donors (Lipinski definition) is 3. The molecule has 1 saturated heterocycles. The lowest BCUT2D eigenvalue weighted by Gasteiger charge is -2.37. The lowest BCUT2D eigenvalue weighted by Crippen LogP contribution is -2.39. The number of nitrogen functional groups attached to an aromatic ring is 1. The molecule has 3 heterocycles. The zero-order chi connectivity index (χ0) is 26.1. The van der Waals surface area contributed by atoms with Gasteiger partial charge < -0.3 is 25.4 Å². The van der Waals surface area contributed by atoms with E-state index in [4.69, 9.17) is 15.2 Å². The molecule has 1 fully saturated rings. The topological polar surface area (TPSA) is 129 Å². The van der Waals surface area contributed by atoms with E-state index in [-0.39, 0.29) is 12.4 Å². The Balaban J connectivity index is 1.36. The number of imidazole rings is 1. The molecule has 192 valence electrons. The van der Waals surface area contributed by atoms with Crippen LogP contribution in [0.2, 0.25) is 0 Å². The van der Waals surface area contributed by atoms with Gasteiger partial charge in [0, 0.05) is 0 Å². The van der Waals surface area contributed by atoms with Gasteiger partial charge in [0.05, 0.1) is 12.9 Å². The summed E-state index contributed by atoms with van der Waals surface area (Å²) >= 11 is 0. The molecule has 3 aromatic carbocycles. The summed E-state index contributed by atoms with van der Waals surface area (Å²) in [5.74, 6) is 0.222. The Kier molecular flexibility index (Phi) is 6.34. The third-order valence-electron chi connectivity index (χ3n) is 7.00. The maximum absolute atomic E-state index is 11.0. The van der Waals surface area contributed by atoms with Crippen LogP contribution >= 0.6 is 0 Å². The maximum Gasteiger partial charge on any atom is 0.167 e. The first kappa shape index (κ1) is 24.2. The molecule has 0 saturated carbocycles. The average molecular weight is 510 g/mol. The summed E-state index contributed by atoms with van der Waals surface area (Å²) in [5.41, 5.74) is 8.51. The summed E-state index contributed by atoms with van der Waals surface area (Å²) < 4.78 is 14.5. The summed E-state index contributed by atoms with van der Waals surface area (Å²) in [6, 6.07) is 29.8. The Hall–Kier alpha value is -4.15. The maximum atomic E-state index is 11.0. The van der Waals surface area contributed by atoms with Crippen LogP contribution in [-0.2, 0) is 15.1 Å². The quantitative estimate of drug-likeness (QED) is 0.286. The van der Waals surface area contributed by atoms with Gasteiger partial charge in [0.2, 0.25) is 0 Å². The second kappa shape index (κ2) is 9.96. The molecule has 1 aliphatic heterocycles. The van der Waals surface area contributed by atoms with Crippen molar-refractivity contribution in [1.82, 2.24) is 19.5 Å². The number of ether oxygens (including phenoxy) is 2. The summed E-state index contributed by atoms with van der Waals surface area (Å²) in [6.45, 7) is -0.00282. The molecule has 0 unspecified atom stereocenters. The number of fused-ring (bicyclic) bond motifs is 1. The van der Waals surface area contributed by atoms with Gasteiger partial charge in [0.15, 0.2) is 17.7 Å². The van der Waals surface area contributed by atoms with Gasteiger partial charge in [0.25, 0.3) is 0 Å². The van der Waals surface area contributed by atoms with Crippen molar-refractivity contribution in [1.29, 1.82) is 0 Å². The van der Waals surface area contributed by atoms with E-state index in [1.807, 2.05) is 91.0 Å². The average Bonchev–Trinajstić information content (AvgIpc) is 3.52. The Bertz CT molecular complexity index is 1420. The fraction of sp³-hybridized carbons (Fsp3) is 0.207. The Morgan fingerprint density at radius 3 is 1.89 bits per heavy atom. The summed E-state index contributed by atoms with van der Waals surface area (Å²) in [4.78, 5) is 12.5. The molecule has 0 aliphatic carbocycles. The van der Waals surface area contributed by atoms with Crippen molar-refractivity contribution < 1.29 is 19.7 Å². The molecule has 6 rings (SSSR count). The van der Waals surface area contributed by atoms with Crippen molar-refractivity contribution in [3.8, 4) is 0 Å². The first-order valence-electron chi connectivity index (χ1n) is 12.3. The van der Waals surface area contributed by atoms with Gasteiger partial charge >= 0.3 is 0 Å². The van der Waals surface area contributed by atoms with E-state index >= 15 is 0 Å². The highest BCUT2D eigenvalue weighted by Crippen LogP contribution is 2.42. The number of aliphatic hydroxyl groups excluding tert-OH is 2. The van der Waals surface area contributed by atoms with Crippen LogP contribution in [0.25, 0.3) is 11.2 Å². The van der Waals surface area contributed by atoms with Gasteiger partial charge in [-0.25, -0.2) is 15.0 Å². The van der Waals surface area contributed by atoms with E-state index in [2.05, 4.69) is 15.0 Å². The fourth-order valence-electron chi connectivity index (χ4n) is 5.13. The van der Waals surface area contributed by atoms with Crippen molar-refractivity contribution in [3.05, 3.63) is 120 Å². The number of aromatic nitrogens is 4. The minimum atomic E-state index is -1.24. The highest BCUT2D eigenvalue weighted by atomic mass is 16.6. The third-order valence-corrected chi connectivity index (χ3v) is 7.00. The fourth-order valence-corrected chi connectivity index (χ4v) is 5.13. The van der Waals surface area contributed by atoms with Gasteiger partial charge in [0.1, 0.15) is 35.8 Å². The molecular weight excluding hydrogens is 482 g/mol. The Morgan fingerprint density at radius 1 is 0.789 bits per heavy atom. The minimum absolute atomic E-state index is 0.00282. The number of rotatable bonds is 7. The molecule has 9 heteroatoms. The van der Waals surface area contributed by atoms with E-state index in [1.165, 1.54) is 12.7 Å². The number of anilines is 1. The minimum Gasteiger partial charge on any atom is -0.387 e. The number of benzene rings is 3. The Labute approximate surface area is 219 Å². The van der Waals surface area contributed by atoms with Crippen molar-refractivity contribution >= 4 is 17.0 Å². The monoisotopic (exact) mass is 509 g/mol. The van der Waals surface area contributed by atoms with E-state index in [9.17, 15) is 10.2 Å². The van der Waals surface area contributed by atoms with Crippen molar-refractivity contribution in [2.75, 3.05) is 12.3 Å². The van der Waals surface area contributed by atoms with Gasteiger partial charge in [-0.1, -0.05) is 91.0 Å². The molecule has 0 amide bonds. The molecule has 4 atom stereocenters. The predicted molar refractivity (Wildman–Crippen MR) is 141 cm³/mol. The molecule has 9 nitrogen and oxygen atoms in total. The first-order valence-corrected chi connectivity index (χ1v) is 12.3. The van der Waals surface area contributed by atoms with Gasteiger partial charge in [-0.2, -0.15) is 0 Å². The lowest BCUT2D eigenvalue weighted by molar-refractivity contribution is -0.0942. The molecule has 38 heavy (non-hydrogen) atoms. The van der Waals surface area contributed by atoms with Crippen LogP contribution in [0.15, 0.2) is 104 Å². The van der Waals surface area contributed by atoms with E-state index in [0.29, 0.717) is 11.2 Å². The standard InChI is InChI=1S/C29H27N5O4/c30-26-23-27(32-17-31-26)34(18-33-23)28-25(36)24(35)22(38-28)16-37-29(19-10-4-1-5-11-19,20-12-6-2-7-13-20)21-14-8-3-9-15-21/h1-15,17-18,22,24-25,28,35-36H,16H2,(H2,30,31,32)/t22-,24+,25-,28+/m0/s1. The first-order chi connectivity index (χ1) is 18.6. The largest absolute Gasteiger partial charge is 0.387 e. The van der Waals surface area contributed by atoms with Gasteiger partial charge in [-0.15, -0.1) is 0 Å². The molecule has 4 N–H and O–H groups in total. The molecule has 1 aliphatic rings. The van der Waals surface area contributed by atoms with Crippen LogP contribution in [0.5, 0.6) is 0 Å². The number of nitrogens with two attached hydrogens (primary N) is 1. The van der Waals surface area contributed by atoms with Crippen LogP contribution in [0, 0.1) is 0 Å². The molecular formula is C29H27N5O4. The normalized spacial score (nSPS) is 21.6. The second-order valence-corrected chi connectivity index (χ2v) is 9.22. The van der Waals surface area contributed by atoms with Gasteiger partial charge in [-0.3, -0.25) is 4.57 Å². The SMILES string of the molecule is Nc1ncnc2c1ncn2[C@@H]1O[C@@H](COC(c2ccccc2)(c2ccccc2)c2ccccc2)[C@@H](O)[C@@H]1O. The van der Waals surface area contributed by atoms with E-state index < -0.39 is 30.1 Å². The number of aliphatic hydroxyl groups is 2. The number of hydrogen-bond acceptors (Lipinski definition) is 8. The van der Waals surface area contributed by atoms with Crippen LogP contribution in [-0.4, -0.2) is 54.7 Å². The van der Waals surface area contributed by atoms with E-state index in [0.717, 1.165) is 16.7 Å². The van der Waals surface area contributed by atoms with Crippen LogP contribution in [0.1, 0.15) is 22.9 Å². The third kappa shape index (κ3) is 4.02. The van der Waals surface area contributed by atoms with Crippen LogP contribution in [0.4, 0.5) is 5.82 Å². The molecule has 0 bridgehead atoms.